The molecule has 2 aliphatic carbocycles. The third-order valence-corrected chi connectivity index (χ3v) is 4.52. The molecule has 0 aromatic rings. The molecule has 1 N–H and O–H groups in total. The van der Waals surface area contributed by atoms with Crippen molar-refractivity contribution in [3.63, 3.8) is 0 Å². The molecule has 0 aromatic heterocycles. The number of hydrogen-bond acceptors (Lipinski definition) is 2. The van der Waals surface area contributed by atoms with Gasteiger partial charge in [-0.1, -0.05) is 38.5 Å². The second-order valence-electron chi connectivity index (χ2n) is 5.61. The quantitative estimate of drug-likeness (QED) is 0.779. The van der Waals surface area contributed by atoms with Gasteiger partial charge in [-0.25, -0.2) is 0 Å². The molecule has 2 fully saturated rings. The van der Waals surface area contributed by atoms with Gasteiger partial charge in [0.2, 0.25) is 0 Å². The molecule has 2 rings (SSSR count). The molecule has 2 nitrogen and oxygen atoms in total. The van der Waals surface area contributed by atoms with E-state index >= 15 is 0 Å². The normalized spacial score (nSPS) is 27.4. The Balaban J connectivity index is 1.92. The van der Waals surface area contributed by atoms with Gasteiger partial charge in [-0.15, -0.1) is 0 Å². The molecule has 0 aliphatic heterocycles. The highest BCUT2D eigenvalue weighted by atomic mass is 16.5. The molecule has 0 radical (unpaired) electrons. The summed E-state index contributed by atoms with van der Waals surface area (Å²) in [5.41, 5.74) is -0.192. The van der Waals surface area contributed by atoms with Gasteiger partial charge >= 0.3 is 0 Å². The summed E-state index contributed by atoms with van der Waals surface area (Å²) < 4.78 is 5.95. The van der Waals surface area contributed by atoms with Gasteiger partial charge < -0.3 is 9.84 Å². The van der Waals surface area contributed by atoms with Crippen LogP contribution in [0.3, 0.4) is 0 Å². The van der Waals surface area contributed by atoms with E-state index in [0.29, 0.717) is 0 Å². The van der Waals surface area contributed by atoms with E-state index in [1.165, 1.54) is 38.5 Å². The number of hydrogen-bond donors (Lipinski definition) is 1. The maximum atomic E-state index is 10.5. The predicted octanol–water partition coefficient (Wildman–Crippen LogP) is 3.28. The Hall–Kier alpha value is -0.0800. The van der Waals surface area contributed by atoms with Gasteiger partial charge in [0.25, 0.3) is 0 Å². The van der Waals surface area contributed by atoms with Crippen molar-refractivity contribution in [1.29, 1.82) is 0 Å². The van der Waals surface area contributed by atoms with E-state index < -0.39 is 0 Å². The second kappa shape index (κ2) is 5.50. The number of aliphatic hydroxyl groups is 1. The first-order valence-electron chi connectivity index (χ1n) is 7.09. The summed E-state index contributed by atoms with van der Waals surface area (Å²) in [5.74, 6) is 0.772. The molecule has 94 valence electrons. The smallest absolute Gasteiger partial charge is 0.0940 e. The van der Waals surface area contributed by atoms with Crippen LogP contribution in [-0.2, 0) is 4.74 Å². The van der Waals surface area contributed by atoms with Crippen LogP contribution in [0.2, 0.25) is 0 Å². The van der Waals surface area contributed by atoms with E-state index in [9.17, 15) is 5.11 Å². The summed E-state index contributed by atoms with van der Waals surface area (Å²) in [6.45, 7) is 2.79. The molecule has 1 unspecified atom stereocenters. The van der Waals surface area contributed by atoms with Gasteiger partial charge in [0.05, 0.1) is 11.7 Å². The van der Waals surface area contributed by atoms with Crippen LogP contribution in [-0.4, -0.2) is 23.4 Å². The van der Waals surface area contributed by atoms with Crippen LogP contribution in [0.5, 0.6) is 0 Å². The Morgan fingerprint density at radius 1 is 1.19 bits per heavy atom. The van der Waals surface area contributed by atoms with Gasteiger partial charge in [0.1, 0.15) is 0 Å². The molecule has 0 bridgehead atoms. The molecule has 0 aromatic carbocycles. The standard InChI is InChI=1S/C14H26O2/c1-2-16-14(9-4-3-5-10-14)13(15)11-12-7-6-8-12/h12-13,15H,2-11H2,1H3. The SMILES string of the molecule is CCOC1(C(O)CC2CCC2)CCCCC1. The minimum atomic E-state index is -0.224. The van der Waals surface area contributed by atoms with Crippen LogP contribution in [0.4, 0.5) is 0 Å². The monoisotopic (exact) mass is 226 g/mol. The van der Waals surface area contributed by atoms with E-state index in [1.54, 1.807) is 0 Å². The summed E-state index contributed by atoms with van der Waals surface area (Å²) in [7, 11) is 0. The first kappa shape index (κ1) is 12.4. The van der Waals surface area contributed by atoms with Crippen molar-refractivity contribution < 1.29 is 9.84 Å². The average molecular weight is 226 g/mol. The maximum absolute atomic E-state index is 10.5. The van der Waals surface area contributed by atoms with Crippen molar-refractivity contribution in [3.8, 4) is 0 Å². The zero-order chi connectivity index (χ0) is 11.4. The molecule has 2 aliphatic rings. The largest absolute Gasteiger partial charge is 0.390 e. The Labute approximate surface area is 99.4 Å². The number of rotatable bonds is 5. The highest BCUT2D eigenvalue weighted by molar-refractivity contribution is 4.93. The van der Waals surface area contributed by atoms with Crippen LogP contribution in [0.1, 0.15) is 64.7 Å². The second-order valence-corrected chi connectivity index (χ2v) is 5.61. The fraction of sp³-hybridized carbons (Fsp3) is 1.00. The highest BCUT2D eigenvalue weighted by Crippen LogP contribution is 2.40. The van der Waals surface area contributed by atoms with Gasteiger partial charge in [0, 0.05) is 6.61 Å². The molecule has 1 atom stereocenters. The van der Waals surface area contributed by atoms with Crippen molar-refractivity contribution >= 4 is 0 Å². The zero-order valence-corrected chi connectivity index (χ0v) is 10.6. The van der Waals surface area contributed by atoms with Crippen LogP contribution in [0.15, 0.2) is 0 Å². The van der Waals surface area contributed by atoms with Crippen LogP contribution >= 0.6 is 0 Å². The van der Waals surface area contributed by atoms with Crippen molar-refractivity contribution in [3.05, 3.63) is 0 Å². The van der Waals surface area contributed by atoms with Crippen LogP contribution in [0, 0.1) is 5.92 Å². The minimum absolute atomic E-state index is 0.192. The van der Waals surface area contributed by atoms with Crippen molar-refractivity contribution in [1.82, 2.24) is 0 Å². The van der Waals surface area contributed by atoms with E-state index in [0.717, 1.165) is 31.8 Å². The summed E-state index contributed by atoms with van der Waals surface area (Å²) in [6, 6.07) is 0. The average Bonchev–Trinajstić information content (AvgIpc) is 2.25. The molecular formula is C14H26O2. The number of ether oxygens (including phenoxy) is 1. The van der Waals surface area contributed by atoms with Crippen LogP contribution in [0.25, 0.3) is 0 Å². The highest BCUT2D eigenvalue weighted by Gasteiger charge is 2.41. The van der Waals surface area contributed by atoms with Crippen molar-refractivity contribution in [2.75, 3.05) is 6.61 Å². The Kier molecular flexibility index (Phi) is 4.26. The Morgan fingerprint density at radius 3 is 2.38 bits per heavy atom. The van der Waals surface area contributed by atoms with E-state index in [4.69, 9.17) is 4.74 Å². The molecule has 16 heavy (non-hydrogen) atoms. The van der Waals surface area contributed by atoms with E-state index in [-0.39, 0.29) is 11.7 Å². The first-order chi connectivity index (χ1) is 7.77. The summed E-state index contributed by atoms with van der Waals surface area (Å²) in [4.78, 5) is 0. The summed E-state index contributed by atoms with van der Waals surface area (Å²) in [6.07, 6.45) is 10.6. The zero-order valence-electron chi connectivity index (χ0n) is 10.6. The van der Waals surface area contributed by atoms with Crippen molar-refractivity contribution in [2.45, 2.75) is 76.4 Å². The fourth-order valence-corrected chi connectivity index (χ4v) is 3.27. The lowest BCUT2D eigenvalue weighted by Gasteiger charge is -2.43. The van der Waals surface area contributed by atoms with E-state index in [1.807, 2.05) is 6.92 Å². The molecule has 0 heterocycles. The number of aliphatic hydroxyl groups excluding tert-OH is 1. The molecule has 2 saturated carbocycles. The van der Waals surface area contributed by atoms with Crippen molar-refractivity contribution in [2.24, 2.45) is 5.92 Å². The van der Waals surface area contributed by atoms with E-state index in [2.05, 4.69) is 0 Å². The molecule has 0 spiro atoms. The van der Waals surface area contributed by atoms with Gasteiger partial charge in [-0.3, -0.25) is 0 Å². The Morgan fingerprint density at radius 2 is 1.88 bits per heavy atom. The van der Waals surface area contributed by atoms with Gasteiger partial charge in [-0.2, -0.15) is 0 Å². The molecular weight excluding hydrogens is 200 g/mol. The van der Waals surface area contributed by atoms with Gasteiger partial charge in [0.15, 0.2) is 0 Å². The molecule has 0 amide bonds. The minimum Gasteiger partial charge on any atom is -0.390 e. The Bertz CT molecular complexity index is 199. The first-order valence-corrected chi connectivity index (χ1v) is 7.09. The maximum Gasteiger partial charge on any atom is 0.0940 e. The topological polar surface area (TPSA) is 29.5 Å². The lowest BCUT2D eigenvalue weighted by molar-refractivity contribution is -0.147. The molecule has 2 heteroatoms. The fourth-order valence-electron chi connectivity index (χ4n) is 3.27. The van der Waals surface area contributed by atoms with Gasteiger partial charge in [-0.05, 0) is 32.1 Å². The van der Waals surface area contributed by atoms with Crippen LogP contribution < -0.4 is 0 Å². The summed E-state index contributed by atoms with van der Waals surface area (Å²) >= 11 is 0. The lowest BCUT2D eigenvalue weighted by atomic mass is 9.73. The third-order valence-electron chi connectivity index (χ3n) is 4.52. The lowest BCUT2D eigenvalue weighted by Crippen LogP contribution is -2.47. The summed E-state index contributed by atoms with van der Waals surface area (Å²) in [5, 5.41) is 10.5. The third kappa shape index (κ3) is 2.60. The molecule has 0 saturated heterocycles. The predicted molar refractivity (Wildman–Crippen MR) is 65.4 cm³/mol.